The third kappa shape index (κ3) is 3.05. The van der Waals surface area contributed by atoms with E-state index in [4.69, 9.17) is 9.84 Å². The molecule has 0 radical (unpaired) electrons. The Morgan fingerprint density at radius 2 is 2.21 bits per heavy atom. The van der Waals surface area contributed by atoms with Crippen LogP contribution in [0.4, 0.5) is 0 Å². The highest BCUT2D eigenvalue weighted by atomic mass is 16.5. The molecule has 2 rings (SSSR count). The summed E-state index contributed by atoms with van der Waals surface area (Å²) in [7, 11) is 0. The Hall–Kier alpha value is -2.04. The average molecular weight is 263 g/mol. The van der Waals surface area contributed by atoms with E-state index < -0.39 is 12.0 Å². The molecule has 0 saturated carbocycles. The van der Waals surface area contributed by atoms with Crippen molar-refractivity contribution in [1.82, 2.24) is 4.90 Å². The second kappa shape index (κ2) is 5.73. The molecule has 1 aromatic carbocycles. The largest absolute Gasteiger partial charge is 0.491 e. The maximum atomic E-state index is 11.6. The number of ether oxygens (including phenoxy) is 1. The molecule has 0 aliphatic carbocycles. The van der Waals surface area contributed by atoms with Crippen molar-refractivity contribution >= 4 is 11.9 Å². The molecular formula is C14H17NO4. The number of benzene rings is 1. The normalized spacial score (nSPS) is 18.7. The monoisotopic (exact) mass is 263 g/mol. The fraction of sp³-hybridized carbons (Fsp3) is 0.429. The van der Waals surface area contributed by atoms with Gasteiger partial charge in [0.2, 0.25) is 5.91 Å². The predicted octanol–water partition coefficient (Wildman–Crippen LogP) is 1.45. The van der Waals surface area contributed by atoms with Crippen LogP contribution in [0, 0.1) is 6.92 Å². The molecule has 5 heteroatoms. The summed E-state index contributed by atoms with van der Waals surface area (Å²) in [5.74, 6) is -0.288. The molecule has 19 heavy (non-hydrogen) atoms. The number of hydrogen-bond acceptors (Lipinski definition) is 3. The summed E-state index contributed by atoms with van der Waals surface area (Å²) in [5.41, 5.74) is 1.02. The van der Waals surface area contributed by atoms with Gasteiger partial charge in [0.15, 0.2) is 0 Å². The lowest BCUT2D eigenvalue weighted by Crippen LogP contribution is -2.40. The quantitative estimate of drug-likeness (QED) is 0.873. The summed E-state index contributed by atoms with van der Waals surface area (Å²) in [6, 6.07) is 6.90. The Morgan fingerprint density at radius 1 is 1.47 bits per heavy atom. The first-order valence-electron chi connectivity index (χ1n) is 6.30. The number of nitrogens with zero attached hydrogens (tertiary/aromatic N) is 1. The van der Waals surface area contributed by atoms with Crippen LogP contribution in [-0.2, 0) is 9.59 Å². The van der Waals surface area contributed by atoms with E-state index >= 15 is 0 Å². The van der Waals surface area contributed by atoms with Crippen LogP contribution in [0.1, 0.15) is 18.4 Å². The van der Waals surface area contributed by atoms with E-state index in [1.807, 2.05) is 31.2 Å². The van der Waals surface area contributed by atoms with Gasteiger partial charge in [-0.25, -0.2) is 4.79 Å². The Bertz CT molecular complexity index is 486. The van der Waals surface area contributed by atoms with E-state index in [0.29, 0.717) is 26.0 Å². The first kappa shape index (κ1) is 13.4. The van der Waals surface area contributed by atoms with Crippen LogP contribution in [-0.4, -0.2) is 41.1 Å². The number of rotatable bonds is 5. The van der Waals surface area contributed by atoms with Gasteiger partial charge in [-0.15, -0.1) is 0 Å². The molecule has 1 aliphatic rings. The zero-order valence-electron chi connectivity index (χ0n) is 10.8. The molecule has 102 valence electrons. The Balaban J connectivity index is 1.90. The fourth-order valence-electron chi connectivity index (χ4n) is 2.24. The number of carboxylic acids is 1. The van der Waals surface area contributed by atoms with Gasteiger partial charge in [0.1, 0.15) is 18.4 Å². The van der Waals surface area contributed by atoms with Crippen molar-refractivity contribution in [2.24, 2.45) is 0 Å². The maximum Gasteiger partial charge on any atom is 0.326 e. The minimum Gasteiger partial charge on any atom is -0.491 e. The van der Waals surface area contributed by atoms with Crippen molar-refractivity contribution in [3.8, 4) is 5.75 Å². The van der Waals surface area contributed by atoms with Crippen molar-refractivity contribution < 1.29 is 19.4 Å². The molecule has 5 nitrogen and oxygen atoms in total. The van der Waals surface area contributed by atoms with Crippen molar-refractivity contribution in [3.63, 3.8) is 0 Å². The van der Waals surface area contributed by atoms with Crippen LogP contribution in [0.5, 0.6) is 5.75 Å². The van der Waals surface area contributed by atoms with Crippen molar-refractivity contribution in [1.29, 1.82) is 0 Å². The number of para-hydroxylation sites is 1. The Kier molecular flexibility index (Phi) is 4.04. The van der Waals surface area contributed by atoms with Crippen LogP contribution >= 0.6 is 0 Å². The molecule has 0 bridgehead atoms. The van der Waals surface area contributed by atoms with Gasteiger partial charge in [-0.3, -0.25) is 4.79 Å². The SMILES string of the molecule is Cc1ccccc1OCCN1C(=O)CCC1C(=O)O. The number of likely N-dealkylation sites (tertiary alicyclic amines) is 1. The molecule has 1 aromatic rings. The van der Waals surface area contributed by atoms with E-state index in [2.05, 4.69) is 0 Å². The van der Waals surface area contributed by atoms with E-state index in [1.54, 1.807) is 0 Å². The summed E-state index contributed by atoms with van der Waals surface area (Å²) >= 11 is 0. The molecule has 0 spiro atoms. The second-order valence-electron chi connectivity index (χ2n) is 4.59. The van der Waals surface area contributed by atoms with Gasteiger partial charge in [0.25, 0.3) is 0 Å². The zero-order chi connectivity index (χ0) is 13.8. The first-order chi connectivity index (χ1) is 9.09. The van der Waals surface area contributed by atoms with Gasteiger partial charge in [-0.1, -0.05) is 18.2 Å². The molecular weight excluding hydrogens is 246 g/mol. The van der Waals surface area contributed by atoms with Gasteiger partial charge in [0.05, 0.1) is 6.54 Å². The summed E-state index contributed by atoms with van der Waals surface area (Å²) in [6.45, 7) is 2.56. The van der Waals surface area contributed by atoms with Gasteiger partial charge < -0.3 is 14.7 Å². The highest BCUT2D eigenvalue weighted by Crippen LogP contribution is 2.20. The molecule has 1 N–H and O–H groups in total. The molecule has 1 atom stereocenters. The van der Waals surface area contributed by atoms with Crippen molar-refractivity contribution in [3.05, 3.63) is 29.8 Å². The van der Waals surface area contributed by atoms with Crippen LogP contribution in [0.25, 0.3) is 0 Å². The number of amides is 1. The van der Waals surface area contributed by atoms with Crippen molar-refractivity contribution in [2.45, 2.75) is 25.8 Å². The van der Waals surface area contributed by atoms with Crippen molar-refractivity contribution in [2.75, 3.05) is 13.2 Å². The highest BCUT2D eigenvalue weighted by molar-refractivity contribution is 5.87. The van der Waals surface area contributed by atoms with E-state index in [1.165, 1.54) is 4.90 Å². The van der Waals surface area contributed by atoms with Gasteiger partial charge in [0, 0.05) is 6.42 Å². The lowest BCUT2D eigenvalue weighted by molar-refractivity contribution is -0.146. The third-order valence-electron chi connectivity index (χ3n) is 3.30. The summed E-state index contributed by atoms with van der Waals surface area (Å²) in [4.78, 5) is 24.0. The lowest BCUT2D eigenvalue weighted by atomic mass is 10.2. The number of carbonyl (C=O) groups excluding carboxylic acids is 1. The first-order valence-corrected chi connectivity index (χ1v) is 6.30. The third-order valence-corrected chi connectivity index (χ3v) is 3.30. The van der Waals surface area contributed by atoms with Gasteiger partial charge in [-0.2, -0.15) is 0 Å². The van der Waals surface area contributed by atoms with E-state index in [0.717, 1.165) is 11.3 Å². The maximum absolute atomic E-state index is 11.6. The number of aryl methyl sites for hydroxylation is 1. The molecule has 1 saturated heterocycles. The number of aliphatic carboxylic acids is 1. The van der Waals surface area contributed by atoms with E-state index in [9.17, 15) is 9.59 Å². The zero-order valence-corrected chi connectivity index (χ0v) is 10.8. The van der Waals surface area contributed by atoms with Gasteiger partial charge >= 0.3 is 5.97 Å². The highest BCUT2D eigenvalue weighted by Gasteiger charge is 2.35. The number of carbonyl (C=O) groups is 2. The smallest absolute Gasteiger partial charge is 0.326 e. The second-order valence-corrected chi connectivity index (χ2v) is 4.59. The number of hydrogen-bond donors (Lipinski definition) is 1. The van der Waals surface area contributed by atoms with Crippen LogP contribution in [0.3, 0.4) is 0 Å². The van der Waals surface area contributed by atoms with E-state index in [-0.39, 0.29) is 5.91 Å². The lowest BCUT2D eigenvalue weighted by Gasteiger charge is -2.21. The summed E-state index contributed by atoms with van der Waals surface area (Å²) in [5, 5.41) is 9.03. The standard InChI is InChI=1S/C14H17NO4/c1-10-4-2-3-5-12(10)19-9-8-15-11(14(17)18)6-7-13(15)16/h2-5,11H,6-9H2,1H3,(H,17,18). The predicted molar refractivity (Wildman–Crippen MR) is 69.0 cm³/mol. The average Bonchev–Trinajstić information content (AvgIpc) is 2.74. The van der Waals surface area contributed by atoms with Crippen LogP contribution in [0.15, 0.2) is 24.3 Å². The van der Waals surface area contributed by atoms with Crippen LogP contribution in [0.2, 0.25) is 0 Å². The topological polar surface area (TPSA) is 66.8 Å². The molecule has 1 heterocycles. The summed E-state index contributed by atoms with van der Waals surface area (Å²) < 4.78 is 5.59. The molecule has 1 aliphatic heterocycles. The summed E-state index contributed by atoms with van der Waals surface area (Å²) in [6.07, 6.45) is 0.694. The Morgan fingerprint density at radius 3 is 2.89 bits per heavy atom. The van der Waals surface area contributed by atoms with Gasteiger partial charge in [-0.05, 0) is 25.0 Å². The fourth-order valence-corrected chi connectivity index (χ4v) is 2.24. The Labute approximate surface area is 111 Å². The van der Waals surface area contributed by atoms with Crippen LogP contribution < -0.4 is 4.74 Å². The molecule has 1 unspecified atom stereocenters. The number of carboxylic acid groups (broad SMARTS) is 1. The molecule has 0 aromatic heterocycles. The molecule has 1 fully saturated rings. The minimum atomic E-state index is -0.943. The minimum absolute atomic E-state index is 0.110. The molecule has 1 amide bonds.